The fourth-order valence-corrected chi connectivity index (χ4v) is 3.85. The highest BCUT2D eigenvalue weighted by Crippen LogP contribution is 2.31. The van der Waals surface area contributed by atoms with E-state index in [0.29, 0.717) is 23.3 Å². The van der Waals surface area contributed by atoms with E-state index >= 15 is 0 Å². The van der Waals surface area contributed by atoms with Crippen LogP contribution in [0, 0.1) is 11.7 Å². The number of nitrogens with zero attached hydrogens (tertiary/aromatic N) is 2. The lowest BCUT2D eigenvalue weighted by molar-refractivity contribution is 0.0315. The van der Waals surface area contributed by atoms with Gasteiger partial charge in [0.05, 0.1) is 12.7 Å². The molecule has 0 radical (unpaired) electrons. The Morgan fingerprint density at radius 3 is 2.91 bits per heavy atom. The number of carbonyl (C=O) groups is 1. The van der Waals surface area contributed by atoms with Crippen molar-refractivity contribution in [1.29, 1.82) is 0 Å². The summed E-state index contributed by atoms with van der Waals surface area (Å²) in [5.74, 6) is 0.435. The first-order chi connectivity index (χ1) is 10.6. The summed E-state index contributed by atoms with van der Waals surface area (Å²) in [5, 5.41) is 0. The number of piperidine rings is 2. The third-order valence-electron chi connectivity index (χ3n) is 5.02. The number of rotatable bonds is 2. The molecule has 1 aromatic carbocycles. The van der Waals surface area contributed by atoms with E-state index in [4.69, 9.17) is 4.74 Å². The number of likely N-dealkylation sites (tertiary alicyclic amines) is 2. The molecule has 0 aromatic heterocycles. The summed E-state index contributed by atoms with van der Waals surface area (Å²) in [6, 6.07) is 4.69. The Balaban J connectivity index is 1.77. The highest BCUT2D eigenvalue weighted by molar-refractivity contribution is 5.97. The Kier molecular flexibility index (Phi) is 4.34. The highest BCUT2D eigenvalue weighted by Gasteiger charge is 2.36. The summed E-state index contributed by atoms with van der Waals surface area (Å²) < 4.78 is 18.7. The normalized spacial score (nSPS) is 25.7. The van der Waals surface area contributed by atoms with Gasteiger partial charge in [0.15, 0.2) is 0 Å². The van der Waals surface area contributed by atoms with Crippen LogP contribution in [0.25, 0.3) is 0 Å². The average molecular weight is 306 g/mol. The summed E-state index contributed by atoms with van der Waals surface area (Å²) >= 11 is 0. The van der Waals surface area contributed by atoms with Gasteiger partial charge in [-0.25, -0.2) is 4.39 Å². The van der Waals surface area contributed by atoms with Crippen molar-refractivity contribution >= 4 is 5.91 Å². The molecule has 3 rings (SSSR count). The number of carbonyl (C=O) groups excluding carboxylic acids is 1. The Morgan fingerprint density at radius 2 is 2.14 bits per heavy atom. The first-order valence-electron chi connectivity index (χ1n) is 7.93. The van der Waals surface area contributed by atoms with Crippen molar-refractivity contribution in [3.05, 3.63) is 29.6 Å². The maximum atomic E-state index is 13.5. The van der Waals surface area contributed by atoms with E-state index in [2.05, 4.69) is 11.9 Å². The van der Waals surface area contributed by atoms with Gasteiger partial charge in [0.1, 0.15) is 11.6 Å². The summed E-state index contributed by atoms with van der Waals surface area (Å²) in [7, 11) is 3.68. The average Bonchev–Trinajstić information content (AvgIpc) is 2.54. The van der Waals surface area contributed by atoms with Crippen LogP contribution in [0.2, 0.25) is 0 Å². The number of amides is 1. The van der Waals surface area contributed by atoms with Crippen molar-refractivity contribution in [1.82, 2.24) is 9.80 Å². The van der Waals surface area contributed by atoms with Crippen LogP contribution in [0.1, 0.15) is 29.6 Å². The second-order valence-electron chi connectivity index (χ2n) is 6.33. The van der Waals surface area contributed by atoms with Crippen molar-refractivity contribution in [3.63, 3.8) is 0 Å². The van der Waals surface area contributed by atoms with Gasteiger partial charge in [0.2, 0.25) is 0 Å². The van der Waals surface area contributed by atoms with Gasteiger partial charge in [-0.05, 0) is 57.0 Å². The molecule has 2 aliphatic heterocycles. The molecule has 1 amide bonds. The molecular weight excluding hydrogens is 283 g/mol. The summed E-state index contributed by atoms with van der Waals surface area (Å²) in [5.41, 5.74) is 0.324. The third-order valence-corrected chi connectivity index (χ3v) is 5.02. The molecule has 5 heteroatoms. The minimum absolute atomic E-state index is 0.122. The number of benzene rings is 1. The molecule has 1 aromatic rings. The van der Waals surface area contributed by atoms with Crippen LogP contribution < -0.4 is 4.74 Å². The number of hydrogen-bond donors (Lipinski definition) is 0. The van der Waals surface area contributed by atoms with Crippen molar-refractivity contribution in [2.75, 3.05) is 33.8 Å². The van der Waals surface area contributed by atoms with Gasteiger partial charge in [0, 0.05) is 19.1 Å². The summed E-state index contributed by atoms with van der Waals surface area (Å²) in [4.78, 5) is 17.0. The maximum absolute atomic E-state index is 13.5. The highest BCUT2D eigenvalue weighted by atomic mass is 19.1. The minimum Gasteiger partial charge on any atom is -0.496 e. The van der Waals surface area contributed by atoms with Gasteiger partial charge in [-0.1, -0.05) is 0 Å². The summed E-state index contributed by atoms with van der Waals surface area (Å²) in [6.45, 7) is 2.63. The first-order valence-corrected chi connectivity index (χ1v) is 7.93. The molecule has 0 N–H and O–H groups in total. The fourth-order valence-electron chi connectivity index (χ4n) is 3.85. The van der Waals surface area contributed by atoms with Crippen LogP contribution in [0.15, 0.2) is 18.2 Å². The van der Waals surface area contributed by atoms with Gasteiger partial charge < -0.3 is 14.5 Å². The zero-order valence-electron chi connectivity index (χ0n) is 13.2. The molecule has 2 aliphatic rings. The zero-order chi connectivity index (χ0) is 15.7. The predicted octanol–water partition coefficient (Wildman–Crippen LogP) is 2.39. The molecule has 0 saturated carbocycles. The van der Waals surface area contributed by atoms with E-state index in [9.17, 15) is 9.18 Å². The maximum Gasteiger partial charge on any atom is 0.257 e. The van der Waals surface area contributed by atoms with E-state index in [-0.39, 0.29) is 5.91 Å². The molecule has 2 unspecified atom stereocenters. The number of ether oxygens (including phenoxy) is 1. The molecule has 22 heavy (non-hydrogen) atoms. The van der Waals surface area contributed by atoms with Crippen molar-refractivity contribution < 1.29 is 13.9 Å². The van der Waals surface area contributed by atoms with Crippen LogP contribution in [0.3, 0.4) is 0 Å². The minimum atomic E-state index is -0.406. The molecule has 0 spiro atoms. The van der Waals surface area contributed by atoms with Crippen molar-refractivity contribution in [2.24, 2.45) is 5.92 Å². The Labute approximate surface area is 130 Å². The number of hydrogen-bond acceptors (Lipinski definition) is 3. The molecule has 2 atom stereocenters. The van der Waals surface area contributed by atoms with E-state index in [1.54, 1.807) is 0 Å². The molecule has 4 nitrogen and oxygen atoms in total. The van der Waals surface area contributed by atoms with Crippen LogP contribution in [-0.4, -0.2) is 55.5 Å². The van der Waals surface area contributed by atoms with Gasteiger partial charge in [-0.15, -0.1) is 0 Å². The number of methoxy groups -OCH3 is 1. The van der Waals surface area contributed by atoms with E-state index in [1.165, 1.54) is 38.2 Å². The van der Waals surface area contributed by atoms with Gasteiger partial charge in [-0.3, -0.25) is 4.79 Å². The second-order valence-corrected chi connectivity index (χ2v) is 6.33. The topological polar surface area (TPSA) is 32.8 Å². The lowest BCUT2D eigenvalue weighted by Gasteiger charge is -2.46. The monoisotopic (exact) mass is 306 g/mol. The Morgan fingerprint density at radius 1 is 1.32 bits per heavy atom. The van der Waals surface area contributed by atoms with Gasteiger partial charge in [-0.2, -0.15) is 0 Å². The predicted molar refractivity (Wildman–Crippen MR) is 82.6 cm³/mol. The summed E-state index contributed by atoms with van der Waals surface area (Å²) in [6.07, 6.45) is 3.34. The smallest absolute Gasteiger partial charge is 0.257 e. The molecule has 120 valence electrons. The molecule has 0 bridgehead atoms. The van der Waals surface area contributed by atoms with Gasteiger partial charge in [0.25, 0.3) is 5.91 Å². The first kappa shape index (κ1) is 15.3. The lowest BCUT2D eigenvalue weighted by Crippen LogP contribution is -2.53. The Bertz CT molecular complexity index is 564. The van der Waals surface area contributed by atoms with E-state index < -0.39 is 5.82 Å². The van der Waals surface area contributed by atoms with Gasteiger partial charge >= 0.3 is 0 Å². The number of fused-ring (bicyclic) bond motifs is 1. The largest absolute Gasteiger partial charge is 0.496 e. The molecular formula is C17H23FN2O2. The number of halogens is 1. The van der Waals surface area contributed by atoms with Crippen LogP contribution in [-0.2, 0) is 0 Å². The van der Waals surface area contributed by atoms with Crippen LogP contribution in [0.5, 0.6) is 5.75 Å². The SMILES string of the molecule is COc1ccc(F)cc1C(=O)N1CCC2C(CCCN2C)C1. The van der Waals surface area contributed by atoms with Crippen molar-refractivity contribution in [3.8, 4) is 5.75 Å². The van der Waals surface area contributed by atoms with Crippen LogP contribution in [0.4, 0.5) is 4.39 Å². The second kappa shape index (κ2) is 6.24. The van der Waals surface area contributed by atoms with Crippen molar-refractivity contribution in [2.45, 2.75) is 25.3 Å². The lowest BCUT2D eigenvalue weighted by atomic mass is 9.84. The third kappa shape index (κ3) is 2.82. The molecule has 0 aliphatic carbocycles. The van der Waals surface area contributed by atoms with Crippen LogP contribution >= 0.6 is 0 Å². The standard InChI is InChI=1S/C17H23FN2O2/c1-19-8-3-4-12-11-20(9-7-15(12)19)17(21)14-10-13(18)5-6-16(14)22-2/h5-6,10,12,15H,3-4,7-9,11H2,1-2H3. The molecule has 2 heterocycles. The van der Waals surface area contributed by atoms with E-state index in [1.807, 2.05) is 4.90 Å². The quantitative estimate of drug-likeness (QED) is 0.841. The van der Waals surface area contributed by atoms with E-state index in [0.717, 1.165) is 26.1 Å². The Hall–Kier alpha value is -1.62. The zero-order valence-corrected chi connectivity index (χ0v) is 13.2. The fraction of sp³-hybridized carbons (Fsp3) is 0.588. The molecule has 2 fully saturated rings. The molecule has 2 saturated heterocycles.